The molecule has 0 aliphatic carbocycles. The maximum Gasteiger partial charge on any atom is 0.161 e. The van der Waals surface area contributed by atoms with Gasteiger partial charge >= 0.3 is 0 Å². The summed E-state index contributed by atoms with van der Waals surface area (Å²) in [6.07, 6.45) is 6.79. The van der Waals surface area contributed by atoms with Crippen molar-refractivity contribution in [2.45, 2.75) is 13.1 Å². The third-order valence-electron chi connectivity index (χ3n) is 7.52. The third kappa shape index (κ3) is 4.90. The molecule has 11 heteroatoms. The molecule has 1 aliphatic rings. The number of aromatic amines is 2. The van der Waals surface area contributed by atoms with Crippen LogP contribution in [0.25, 0.3) is 44.7 Å². The minimum absolute atomic E-state index is 0.216. The standard InChI is InChI=1S/C30H29FN10/c1-40-9-11-41(12-10-40)30-27-22(7-8-34-30)36-29(37-27)28-24-23(38-39-28)18-35-26(25(24)31)21-13-20(16-33-17-21)15-32-14-19-5-3-2-4-6-19/h2-8,13,16-18,32H,9-12,14-15H2,1H3,(H,36,37)(H,38,39). The van der Waals surface area contributed by atoms with Crippen molar-refractivity contribution in [2.24, 2.45) is 0 Å². The largest absolute Gasteiger partial charge is 0.352 e. The van der Waals surface area contributed by atoms with Gasteiger partial charge in [0.2, 0.25) is 0 Å². The van der Waals surface area contributed by atoms with Crippen molar-refractivity contribution in [2.75, 3.05) is 38.1 Å². The molecule has 0 amide bonds. The van der Waals surface area contributed by atoms with E-state index in [-0.39, 0.29) is 5.69 Å². The van der Waals surface area contributed by atoms with Crippen molar-refractivity contribution in [1.82, 2.24) is 45.3 Å². The minimum atomic E-state index is -0.472. The summed E-state index contributed by atoms with van der Waals surface area (Å²) in [5.74, 6) is 0.826. The highest BCUT2D eigenvalue weighted by Crippen LogP contribution is 2.33. The fraction of sp³-hybridized carbons (Fsp3) is 0.233. The molecule has 0 radical (unpaired) electrons. The highest BCUT2D eigenvalue weighted by atomic mass is 19.1. The summed E-state index contributed by atoms with van der Waals surface area (Å²) < 4.78 is 16.2. The van der Waals surface area contributed by atoms with E-state index in [4.69, 9.17) is 4.98 Å². The van der Waals surface area contributed by atoms with Crippen molar-refractivity contribution in [3.63, 3.8) is 0 Å². The molecule has 10 nitrogen and oxygen atoms in total. The summed E-state index contributed by atoms with van der Waals surface area (Å²) in [6, 6.07) is 14.0. The summed E-state index contributed by atoms with van der Waals surface area (Å²) in [5.41, 5.74) is 5.42. The predicted octanol–water partition coefficient (Wildman–Crippen LogP) is 4.14. The summed E-state index contributed by atoms with van der Waals surface area (Å²) in [4.78, 5) is 26.1. The SMILES string of the molecule is CN1CCN(c2nccc3[nH]c(-c4n[nH]c5cnc(-c6cncc(CNCc7ccccc7)c6)c(F)c45)nc23)CC1. The second kappa shape index (κ2) is 10.7. The molecule has 206 valence electrons. The quantitative estimate of drug-likeness (QED) is 0.273. The van der Waals surface area contributed by atoms with Gasteiger partial charge in [-0.25, -0.2) is 14.4 Å². The third-order valence-corrected chi connectivity index (χ3v) is 7.52. The Kier molecular flexibility index (Phi) is 6.57. The van der Waals surface area contributed by atoms with Crippen LogP contribution in [0, 0.1) is 5.82 Å². The summed E-state index contributed by atoms with van der Waals surface area (Å²) >= 11 is 0. The molecular formula is C30H29FN10. The molecule has 7 rings (SSSR count). The predicted molar refractivity (Wildman–Crippen MR) is 157 cm³/mol. The first-order valence-electron chi connectivity index (χ1n) is 13.6. The molecule has 0 saturated carbocycles. The van der Waals surface area contributed by atoms with E-state index in [2.05, 4.69) is 64.4 Å². The van der Waals surface area contributed by atoms with Gasteiger partial charge in [-0.3, -0.25) is 15.1 Å². The Morgan fingerprint density at radius 2 is 1.73 bits per heavy atom. The van der Waals surface area contributed by atoms with Gasteiger partial charge in [0.15, 0.2) is 17.5 Å². The van der Waals surface area contributed by atoms with Crippen LogP contribution in [0.1, 0.15) is 11.1 Å². The van der Waals surface area contributed by atoms with E-state index < -0.39 is 5.82 Å². The van der Waals surface area contributed by atoms with Crippen LogP contribution in [0.15, 0.2) is 67.3 Å². The van der Waals surface area contributed by atoms with Crippen LogP contribution in [0.4, 0.5) is 10.2 Å². The zero-order valence-corrected chi connectivity index (χ0v) is 22.6. The van der Waals surface area contributed by atoms with E-state index in [1.807, 2.05) is 30.3 Å². The number of pyridine rings is 3. The second-order valence-corrected chi connectivity index (χ2v) is 10.4. The van der Waals surface area contributed by atoms with Gasteiger partial charge in [0.1, 0.15) is 16.9 Å². The van der Waals surface area contributed by atoms with Crippen LogP contribution in [-0.2, 0) is 13.1 Å². The number of likely N-dealkylation sites (N-methyl/N-ethyl adjacent to an activating group) is 1. The Morgan fingerprint density at radius 3 is 2.59 bits per heavy atom. The number of hydrogen-bond donors (Lipinski definition) is 3. The van der Waals surface area contributed by atoms with Crippen LogP contribution in [0.3, 0.4) is 0 Å². The number of fused-ring (bicyclic) bond motifs is 2. The fourth-order valence-corrected chi connectivity index (χ4v) is 5.29. The Labute approximate surface area is 235 Å². The molecule has 6 aromatic rings. The summed E-state index contributed by atoms with van der Waals surface area (Å²) in [6.45, 7) is 4.98. The van der Waals surface area contributed by atoms with Gasteiger partial charge in [-0.2, -0.15) is 5.10 Å². The molecule has 0 atom stereocenters. The molecule has 5 aromatic heterocycles. The highest BCUT2D eigenvalue weighted by molar-refractivity contribution is 5.96. The van der Waals surface area contributed by atoms with Gasteiger partial charge in [0.25, 0.3) is 0 Å². The zero-order valence-electron chi connectivity index (χ0n) is 22.6. The number of nitrogens with zero attached hydrogens (tertiary/aromatic N) is 7. The van der Waals surface area contributed by atoms with E-state index in [1.165, 1.54) is 5.56 Å². The number of H-pyrrole nitrogens is 2. The van der Waals surface area contributed by atoms with Crippen LogP contribution in [0.5, 0.6) is 0 Å². The topological polar surface area (TPSA) is 115 Å². The number of halogens is 1. The number of anilines is 1. The monoisotopic (exact) mass is 548 g/mol. The van der Waals surface area contributed by atoms with Gasteiger partial charge < -0.3 is 20.1 Å². The first kappa shape index (κ1) is 25.2. The normalized spacial score (nSPS) is 14.3. The molecule has 0 bridgehead atoms. The minimum Gasteiger partial charge on any atom is -0.352 e. The number of nitrogens with one attached hydrogen (secondary N) is 3. The van der Waals surface area contributed by atoms with Crippen molar-refractivity contribution < 1.29 is 4.39 Å². The Bertz CT molecular complexity index is 1820. The first-order valence-corrected chi connectivity index (χ1v) is 13.6. The van der Waals surface area contributed by atoms with Crippen molar-refractivity contribution >= 4 is 27.8 Å². The number of piperazine rings is 1. The summed E-state index contributed by atoms with van der Waals surface area (Å²) in [5, 5.41) is 11.1. The van der Waals surface area contributed by atoms with E-state index in [0.717, 1.165) is 55.1 Å². The van der Waals surface area contributed by atoms with E-state index in [1.54, 1.807) is 24.8 Å². The number of hydrogen-bond acceptors (Lipinski definition) is 8. The molecule has 1 aliphatic heterocycles. The number of rotatable bonds is 7. The smallest absolute Gasteiger partial charge is 0.161 e. The van der Waals surface area contributed by atoms with Gasteiger partial charge in [-0.15, -0.1) is 0 Å². The lowest BCUT2D eigenvalue weighted by molar-refractivity contribution is 0.312. The summed E-state index contributed by atoms with van der Waals surface area (Å²) in [7, 11) is 2.12. The molecule has 3 N–H and O–H groups in total. The molecule has 6 heterocycles. The maximum absolute atomic E-state index is 16.2. The van der Waals surface area contributed by atoms with Crippen LogP contribution < -0.4 is 10.2 Å². The van der Waals surface area contributed by atoms with Crippen LogP contribution >= 0.6 is 0 Å². The van der Waals surface area contributed by atoms with E-state index in [9.17, 15) is 0 Å². The van der Waals surface area contributed by atoms with Gasteiger partial charge in [-0.1, -0.05) is 30.3 Å². The molecule has 1 fully saturated rings. The molecule has 1 saturated heterocycles. The molecule has 41 heavy (non-hydrogen) atoms. The number of imidazole rings is 1. The van der Waals surface area contributed by atoms with E-state index >= 15 is 4.39 Å². The fourth-order valence-electron chi connectivity index (χ4n) is 5.29. The van der Waals surface area contributed by atoms with Crippen LogP contribution in [-0.4, -0.2) is 73.2 Å². The lowest BCUT2D eigenvalue weighted by atomic mass is 10.1. The highest BCUT2D eigenvalue weighted by Gasteiger charge is 2.23. The van der Waals surface area contributed by atoms with Gasteiger partial charge in [0, 0.05) is 63.4 Å². The first-order chi connectivity index (χ1) is 20.1. The maximum atomic E-state index is 16.2. The van der Waals surface area contributed by atoms with Crippen molar-refractivity contribution in [1.29, 1.82) is 0 Å². The lowest BCUT2D eigenvalue weighted by Crippen LogP contribution is -2.44. The molecule has 1 aromatic carbocycles. The van der Waals surface area contributed by atoms with Crippen molar-refractivity contribution in [3.05, 3.63) is 84.2 Å². The van der Waals surface area contributed by atoms with Crippen LogP contribution in [0.2, 0.25) is 0 Å². The number of benzene rings is 1. The van der Waals surface area contributed by atoms with Gasteiger partial charge in [0.05, 0.1) is 22.6 Å². The second-order valence-electron chi connectivity index (χ2n) is 10.4. The van der Waals surface area contributed by atoms with Crippen molar-refractivity contribution in [3.8, 4) is 22.8 Å². The molecule has 0 unspecified atom stereocenters. The lowest BCUT2D eigenvalue weighted by Gasteiger charge is -2.33. The number of aromatic nitrogens is 7. The average Bonchev–Trinajstić information content (AvgIpc) is 3.63. The Morgan fingerprint density at radius 1 is 0.902 bits per heavy atom. The average molecular weight is 549 g/mol. The van der Waals surface area contributed by atoms with E-state index in [0.29, 0.717) is 34.5 Å². The van der Waals surface area contributed by atoms with Gasteiger partial charge in [-0.05, 0) is 30.3 Å². The molecular weight excluding hydrogens is 519 g/mol. The molecule has 0 spiro atoms. The Balaban J connectivity index is 1.20. The Hall–Kier alpha value is -4.74. The zero-order chi connectivity index (χ0) is 27.8.